The molecule has 0 unspecified atom stereocenters. The number of esters is 1. The molecular formula is C23H39N3O6S. The van der Waals surface area contributed by atoms with Crippen LogP contribution < -0.4 is 0 Å². The van der Waals surface area contributed by atoms with Crippen molar-refractivity contribution in [1.82, 2.24) is 14.1 Å². The number of piperidine rings is 1. The van der Waals surface area contributed by atoms with Gasteiger partial charge in [-0.1, -0.05) is 27.7 Å². The zero-order valence-electron chi connectivity index (χ0n) is 20.6. The van der Waals surface area contributed by atoms with Crippen LogP contribution in [-0.4, -0.2) is 86.8 Å². The lowest BCUT2D eigenvalue weighted by atomic mass is 9.96. The molecule has 1 aliphatic rings. The molecule has 1 amide bonds. The Bertz CT molecular complexity index is 871. The van der Waals surface area contributed by atoms with Gasteiger partial charge in [-0.3, -0.25) is 4.79 Å². The standard InChI is InChI=1S/C23H39N3O6S/c1-6-24(7-2)15-16-25(17-18(4)5)22(27)19-11-13-26(14-12-19)33(29,30)21-10-9-20(32-21)23(28)31-8-3/h9-10,18-19H,6-8,11-17H2,1-5H3. The summed E-state index contributed by atoms with van der Waals surface area (Å²) >= 11 is 0. The Morgan fingerprint density at radius 3 is 2.30 bits per heavy atom. The molecule has 1 aliphatic heterocycles. The lowest BCUT2D eigenvalue weighted by molar-refractivity contribution is -0.137. The van der Waals surface area contributed by atoms with Crippen LogP contribution >= 0.6 is 0 Å². The van der Waals surface area contributed by atoms with Gasteiger partial charge < -0.3 is 19.0 Å². The first-order chi connectivity index (χ1) is 15.6. The summed E-state index contributed by atoms with van der Waals surface area (Å²) in [6, 6.07) is 2.58. The molecule has 188 valence electrons. The van der Waals surface area contributed by atoms with Crippen LogP contribution in [0.25, 0.3) is 0 Å². The van der Waals surface area contributed by atoms with Crippen molar-refractivity contribution in [3.63, 3.8) is 0 Å². The smallest absolute Gasteiger partial charge is 0.374 e. The molecule has 0 saturated carbocycles. The van der Waals surface area contributed by atoms with E-state index in [0.717, 1.165) is 19.6 Å². The summed E-state index contributed by atoms with van der Waals surface area (Å²) < 4.78 is 37.4. The van der Waals surface area contributed by atoms with Crippen LogP contribution in [0.4, 0.5) is 0 Å². The monoisotopic (exact) mass is 485 g/mol. The molecule has 2 heterocycles. The van der Waals surface area contributed by atoms with E-state index < -0.39 is 16.0 Å². The number of likely N-dealkylation sites (N-methyl/N-ethyl adjacent to an activating group) is 1. The van der Waals surface area contributed by atoms with Gasteiger partial charge in [0, 0.05) is 38.6 Å². The third-order valence-corrected chi connectivity index (χ3v) is 7.71. The van der Waals surface area contributed by atoms with Gasteiger partial charge in [-0.05, 0) is 50.9 Å². The number of carbonyl (C=O) groups is 2. The van der Waals surface area contributed by atoms with Crippen LogP contribution in [0.1, 0.15) is 58.0 Å². The van der Waals surface area contributed by atoms with Gasteiger partial charge in [0.2, 0.25) is 16.8 Å². The zero-order chi connectivity index (χ0) is 24.6. The normalized spacial score (nSPS) is 15.8. The summed E-state index contributed by atoms with van der Waals surface area (Å²) in [6.45, 7) is 14.8. The molecule has 2 rings (SSSR count). The van der Waals surface area contributed by atoms with E-state index >= 15 is 0 Å². The Hall–Kier alpha value is -1.91. The van der Waals surface area contributed by atoms with Crippen molar-refractivity contribution in [2.75, 3.05) is 52.4 Å². The summed E-state index contributed by atoms with van der Waals surface area (Å²) in [5.41, 5.74) is 0. The van der Waals surface area contributed by atoms with E-state index in [4.69, 9.17) is 9.15 Å². The first kappa shape index (κ1) is 27.3. The summed E-state index contributed by atoms with van der Waals surface area (Å²) in [5, 5.41) is -0.281. The molecule has 0 spiro atoms. The summed E-state index contributed by atoms with van der Waals surface area (Å²) in [6.07, 6.45) is 0.923. The molecule has 0 aromatic carbocycles. The van der Waals surface area contributed by atoms with E-state index in [1.807, 2.05) is 4.90 Å². The fourth-order valence-corrected chi connectivity index (χ4v) is 5.41. The van der Waals surface area contributed by atoms with Crippen LogP contribution in [0, 0.1) is 11.8 Å². The average Bonchev–Trinajstić information content (AvgIpc) is 3.30. The number of sulfonamides is 1. The minimum Gasteiger partial charge on any atom is -0.460 e. The molecule has 1 fully saturated rings. The predicted molar refractivity (Wildman–Crippen MR) is 125 cm³/mol. The minimum absolute atomic E-state index is 0.107. The highest BCUT2D eigenvalue weighted by molar-refractivity contribution is 7.89. The van der Waals surface area contributed by atoms with Gasteiger partial charge >= 0.3 is 5.97 Å². The van der Waals surface area contributed by atoms with Crippen molar-refractivity contribution in [3.8, 4) is 0 Å². The van der Waals surface area contributed by atoms with Crippen LogP contribution in [0.5, 0.6) is 0 Å². The lowest BCUT2D eigenvalue weighted by Crippen LogP contribution is -2.47. The molecule has 33 heavy (non-hydrogen) atoms. The van der Waals surface area contributed by atoms with E-state index in [-0.39, 0.29) is 42.4 Å². The maximum Gasteiger partial charge on any atom is 0.374 e. The number of amides is 1. The van der Waals surface area contributed by atoms with E-state index in [1.165, 1.54) is 16.4 Å². The van der Waals surface area contributed by atoms with Gasteiger partial charge in [-0.15, -0.1) is 0 Å². The number of hydrogen-bond donors (Lipinski definition) is 0. The van der Waals surface area contributed by atoms with Crippen LogP contribution in [0.15, 0.2) is 21.6 Å². The second-order valence-corrected chi connectivity index (χ2v) is 10.6. The third kappa shape index (κ3) is 7.28. The SMILES string of the molecule is CCOC(=O)c1ccc(S(=O)(=O)N2CCC(C(=O)N(CCN(CC)CC)CC(C)C)CC2)o1. The molecule has 10 heteroatoms. The molecule has 0 atom stereocenters. The number of rotatable bonds is 12. The van der Waals surface area contributed by atoms with Crippen molar-refractivity contribution in [3.05, 3.63) is 17.9 Å². The van der Waals surface area contributed by atoms with Gasteiger partial charge in [0.15, 0.2) is 0 Å². The maximum atomic E-state index is 13.3. The second kappa shape index (κ2) is 12.5. The highest BCUT2D eigenvalue weighted by Gasteiger charge is 2.35. The van der Waals surface area contributed by atoms with Crippen molar-refractivity contribution in [2.24, 2.45) is 11.8 Å². The highest BCUT2D eigenvalue weighted by Crippen LogP contribution is 2.26. The van der Waals surface area contributed by atoms with E-state index in [9.17, 15) is 18.0 Å². The molecule has 1 aromatic heterocycles. The Morgan fingerprint density at radius 2 is 1.76 bits per heavy atom. The Morgan fingerprint density at radius 1 is 1.12 bits per heavy atom. The van der Waals surface area contributed by atoms with E-state index in [1.54, 1.807) is 6.92 Å². The molecule has 1 aromatic rings. The topological polar surface area (TPSA) is 100 Å². The van der Waals surface area contributed by atoms with Crippen LogP contribution in [0.3, 0.4) is 0 Å². The fraction of sp³-hybridized carbons (Fsp3) is 0.739. The van der Waals surface area contributed by atoms with Crippen LogP contribution in [0.2, 0.25) is 0 Å². The molecule has 9 nitrogen and oxygen atoms in total. The largest absolute Gasteiger partial charge is 0.460 e. The maximum absolute atomic E-state index is 13.3. The number of furan rings is 1. The van der Waals surface area contributed by atoms with Gasteiger partial charge in [0.1, 0.15) is 0 Å². The molecule has 0 bridgehead atoms. The van der Waals surface area contributed by atoms with E-state index in [2.05, 4.69) is 32.6 Å². The molecule has 0 N–H and O–H groups in total. The zero-order valence-corrected chi connectivity index (χ0v) is 21.4. The lowest BCUT2D eigenvalue weighted by Gasteiger charge is -2.34. The third-order valence-electron chi connectivity index (χ3n) is 5.93. The van der Waals surface area contributed by atoms with E-state index in [0.29, 0.717) is 31.8 Å². The van der Waals surface area contributed by atoms with Gasteiger partial charge in [-0.2, -0.15) is 4.31 Å². The van der Waals surface area contributed by atoms with Gasteiger partial charge in [0.25, 0.3) is 10.0 Å². The molecule has 0 radical (unpaired) electrons. The highest BCUT2D eigenvalue weighted by atomic mass is 32.2. The number of carbonyl (C=O) groups excluding carboxylic acids is 2. The van der Waals surface area contributed by atoms with Gasteiger partial charge in [0.05, 0.1) is 6.61 Å². The van der Waals surface area contributed by atoms with Crippen LogP contribution in [-0.2, 0) is 19.6 Å². The summed E-state index contributed by atoms with van der Waals surface area (Å²) in [4.78, 5) is 29.3. The first-order valence-electron chi connectivity index (χ1n) is 11.9. The van der Waals surface area contributed by atoms with Crippen molar-refractivity contribution in [1.29, 1.82) is 0 Å². The summed E-state index contributed by atoms with van der Waals surface area (Å²) in [5.74, 6) is -0.566. The van der Waals surface area contributed by atoms with Crippen molar-refractivity contribution < 1.29 is 27.2 Å². The molecule has 0 aliphatic carbocycles. The second-order valence-electron chi connectivity index (χ2n) is 8.72. The number of ether oxygens (including phenoxy) is 1. The quantitative estimate of drug-likeness (QED) is 0.420. The Kier molecular flexibility index (Phi) is 10.4. The Labute approximate surface area is 198 Å². The summed E-state index contributed by atoms with van der Waals surface area (Å²) in [7, 11) is -3.88. The number of nitrogens with zero attached hydrogens (tertiary/aromatic N) is 3. The average molecular weight is 486 g/mol. The first-order valence-corrected chi connectivity index (χ1v) is 13.4. The van der Waals surface area contributed by atoms with Crippen molar-refractivity contribution >= 4 is 21.9 Å². The van der Waals surface area contributed by atoms with Crippen molar-refractivity contribution in [2.45, 2.75) is 52.6 Å². The van der Waals surface area contributed by atoms with Gasteiger partial charge in [-0.25, -0.2) is 13.2 Å². The molecule has 1 saturated heterocycles. The molecular weight excluding hydrogens is 446 g/mol. The predicted octanol–water partition coefficient (Wildman–Crippen LogP) is 2.68. The number of hydrogen-bond acceptors (Lipinski definition) is 7. The fourth-order valence-electron chi connectivity index (χ4n) is 4.03. The Balaban J connectivity index is 2.01. The minimum atomic E-state index is -3.88.